The van der Waals surface area contributed by atoms with Crippen molar-refractivity contribution in [2.75, 3.05) is 20.6 Å². The first-order chi connectivity index (χ1) is 17.3. The van der Waals surface area contributed by atoms with Crippen LogP contribution in [0.2, 0.25) is 0 Å². The van der Waals surface area contributed by atoms with Gasteiger partial charge in [0.2, 0.25) is 0 Å². The van der Waals surface area contributed by atoms with Gasteiger partial charge in [0.1, 0.15) is 5.82 Å². The van der Waals surface area contributed by atoms with E-state index in [1.54, 1.807) is 12.2 Å². The predicted molar refractivity (Wildman–Crippen MR) is 165 cm³/mol. The van der Waals surface area contributed by atoms with Crippen molar-refractivity contribution in [3.8, 4) is 0 Å². The molecule has 1 aliphatic heterocycles. The fourth-order valence-corrected chi connectivity index (χ4v) is 3.55. The minimum absolute atomic E-state index is 0.883. The highest BCUT2D eigenvalue weighted by Crippen LogP contribution is 2.26. The van der Waals surface area contributed by atoms with E-state index >= 15 is 0 Å². The van der Waals surface area contributed by atoms with Gasteiger partial charge in [0.05, 0.1) is 10.2 Å². The molecule has 0 aromatic heterocycles. The molecule has 192 valence electrons. The minimum atomic E-state index is 0.883. The summed E-state index contributed by atoms with van der Waals surface area (Å²) in [5.74, 6) is 0.883. The maximum absolute atomic E-state index is 4.74. The van der Waals surface area contributed by atoms with Crippen LogP contribution in [0.25, 0.3) is 6.08 Å². The fraction of sp³-hybridized carbons (Fsp3) is 0.281. The SMILES string of the molecule is C=C/C(Br)=C1/N=C(c2ccccc2C)C=C(C)N1C.C=C/C=C/c1ccc(C)cc1.CCCCNC. The third kappa shape index (κ3) is 10.8. The summed E-state index contributed by atoms with van der Waals surface area (Å²) in [4.78, 5) is 6.79. The molecule has 4 heteroatoms. The van der Waals surface area contributed by atoms with Crippen LogP contribution in [-0.2, 0) is 0 Å². The van der Waals surface area contributed by atoms with Crippen LogP contribution in [0.5, 0.6) is 0 Å². The first kappa shape index (κ1) is 31.1. The molecule has 2 aromatic carbocycles. The summed E-state index contributed by atoms with van der Waals surface area (Å²) in [6.45, 7) is 17.0. The molecule has 2 aromatic rings. The number of allylic oxidation sites excluding steroid dienone is 6. The smallest absolute Gasteiger partial charge is 0.147 e. The van der Waals surface area contributed by atoms with E-state index in [1.165, 1.54) is 29.5 Å². The summed E-state index contributed by atoms with van der Waals surface area (Å²) in [7, 11) is 3.99. The Labute approximate surface area is 227 Å². The third-order valence-electron chi connectivity index (χ3n) is 5.52. The molecule has 1 N–H and O–H groups in total. The summed E-state index contributed by atoms with van der Waals surface area (Å²) < 4.78 is 0.897. The van der Waals surface area contributed by atoms with Crippen LogP contribution < -0.4 is 5.32 Å². The molecule has 0 amide bonds. The molecule has 0 radical (unpaired) electrons. The van der Waals surface area contributed by atoms with Crippen molar-refractivity contribution >= 4 is 27.7 Å². The molecule has 1 aliphatic rings. The maximum Gasteiger partial charge on any atom is 0.147 e. The molecule has 36 heavy (non-hydrogen) atoms. The molecule has 0 bridgehead atoms. The van der Waals surface area contributed by atoms with Crippen molar-refractivity contribution in [1.29, 1.82) is 0 Å². The number of nitrogens with zero attached hydrogens (tertiary/aromatic N) is 2. The molecule has 0 atom stereocenters. The van der Waals surface area contributed by atoms with Crippen LogP contribution in [0, 0.1) is 13.8 Å². The second-order valence-electron chi connectivity index (χ2n) is 8.49. The van der Waals surface area contributed by atoms with Gasteiger partial charge >= 0.3 is 0 Å². The van der Waals surface area contributed by atoms with Gasteiger partial charge < -0.3 is 10.2 Å². The van der Waals surface area contributed by atoms with E-state index in [0.717, 1.165) is 33.8 Å². The monoisotopic (exact) mass is 547 g/mol. The zero-order chi connectivity index (χ0) is 26.9. The summed E-state index contributed by atoms with van der Waals surface area (Å²) in [5.41, 5.74) is 7.04. The normalized spacial score (nSPS) is 14.0. The highest BCUT2D eigenvalue weighted by molar-refractivity contribution is 9.11. The molecule has 1 heterocycles. The van der Waals surface area contributed by atoms with Crippen molar-refractivity contribution in [3.05, 3.63) is 124 Å². The van der Waals surface area contributed by atoms with E-state index in [1.807, 2.05) is 43.3 Å². The standard InChI is InChI=1S/C16H17BrN2.C11H12.C5H13N/c1-5-14(17)16-18-15(10-12(3)19(16)4)13-9-7-6-8-11(13)2;1-3-4-5-11-8-6-10(2)7-9-11;1-3-4-5-6-2/h5-10H,1H2,2-4H3;3-9H,1H2,2H3;6H,3-5H2,1-2H3/b16-14+;5-4+;. The van der Waals surface area contributed by atoms with Gasteiger partial charge in [0.25, 0.3) is 0 Å². The van der Waals surface area contributed by atoms with Gasteiger partial charge in [-0.3, -0.25) is 0 Å². The molecule has 0 aliphatic carbocycles. The molecule has 3 rings (SSSR count). The van der Waals surface area contributed by atoms with Crippen molar-refractivity contribution in [2.24, 2.45) is 4.99 Å². The van der Waals surface area contributed by atoms with Crippen LogP contribution in [0.15, 0.2) is 107 Å². The van der Waals surface area contributed by atoms with Crippen molar-refractivity contribution in [3.63, 3.8) is 0 Å². The Balaban J connectivity index is 0.000000321. The van der Waals surface area contributed by atoms with Crippen molar-refractivity contribution in [2.45, 2.75) is 40.5 Å². The van der Waals surface area contributed by atoms with Crippen molar-refractivity contribution in [1.82, 2.24) is 10.2 Å². The number of nitrogens with one attached hydrogen (secondary N) is 1. The van der Waals surface area contributed by atoms with Gasteiger partial charge in [-0.15, -0.1) is 0 Å². The zero-order valence-electron chi connectivity index (χ0n) is 22.8. The number of hydrogen-bond donors (Lipinski definition) is 1. The Morgan fingerprint density at radius 2 is 1.72 bits per heavy atom. The maximum atomic E-state index is 4.74. The van der Waals surface area contributed by atoms with Gasteiger partial charge in [0.15, 0.2) is 0 Å². The highest BCUT2D eigenvalue weighted by Gasteiger charge is 2.17. The molecule has 0 unspecified atom stereocenters. The number of hydrogen-bond acceptors (Lipinski definition) is 3. The summed E-state index contributed by atoms with van der Waals surface area (Å²) in [5, 5.41) is 3.07. The zero-order valence-corrected chi connectivity index (χ0v) is 24.4. The second kappa shape index (κ2) is 17.5. The molecule has 3 nitrogen and oxygen atoms in total. The Morgan fingerprint density at radius 3 is 2.25 bits per heavy atom. The molecular formula is C32H42BrN3. The van der Waals surface area contributed by atoms with Crippen LogP contribution in [0.4, 0.5) is 0 Å². The van der Waals surface area contributed by atoms with Crippen LogP contribution in [0.3, 0.4) is 0 Å². The van der Waals surface area contributed by atoms with E-state index in [4.69, 9.17) is 4.99 Å². The molecule has 0 saturated carbocycles. The average molecular weight is 549 g/mol. The molecule has 0 spiro atoms. The van der Waals surface area contributed by atoms with E-state index < -0.39 is 0 Å². The predicted octanol–water partition coefficient (Wildman–Crippen LogP) is 8.58. The van der Waals surface area contributed by atoms with Gasteiger partial charge in [-0.2, -0.15) is 0 Å². The number of aryl methyl sites for hydroxylation is 2. The Kier molecular flexibility index (Phi) is 15.1. The van der Waals surface area contributed by atoms with E-state index in [9.17, 15) is 0 Å². The van der Waals surface area contributed by atoms with Gasteiger partial charge in [0, 0.05) is 18.3 Å². The van der Waals surface area contributed by atoms with Crippen LogP contribution in [0.1, 0.15) is 48.9 Å². The Hall–Kier alpha value is -2.95. The summed E-state index contributed by atoms with van der Waals surface area (Å²) in [6.07, 6.45) is 12.2. The number of benzene rings is 2. The first-order valence-electron chi connectivity index (χ1n) is 12.4. The lowest BCUT2D eigenvalue weighted by Crippen LogP contribution is -2.21. The average Bonchev–Trinajstić information content (AvgIpc) is 2.89. The lowest BCUT2D eigenvalue weighted by atomic mass is 10.0. The number of rotatable bonds is 7. The fourth-order valence-electron chi connectivity index (χ4n) is 3.20. The molecular weight excluding hydrogens is 506 g/mol. The Bertz CT molecular complexity index is 1080. The Morgan fingerprint density at radius 1 is 1.06 bits per heavy atom. The van der Waals surface area contributed by atoms with E-state index in [0.29, 0.717) is 0 Å². The summed E-state index contributed by atoms with van der Waals surface area (Å²) >= 11 is 3.51. The first-order valence-corrected chi connectivity index (χ1v) is 13.2. The van der Waals surface area contributed by atoms with Crippen LogP contribution >= 0.6 is 15.9 Å². The van der Waals surface area contributed by atoms with E-state index in [2.05, 4.69) is 105 Å². The van der Waals surface area contributed by atoms with Crippen LogP contribution in [-0.4, -0.2) is 31.3 Å². The summed E-state index contributed by atoms with van der Waals surface area (Å²) in [6, 6.07) is 16.7. The molecule has 0 saturated heterocycles. The quantitative estimate of drug-likeness (QED) is 0.277. The van der Waals surface area contributed by atoms with Crippen molar-refractivity contribution < 1.29 is 0 Å². The lowest BCUT2D eigenvalue weighted by molar-refractivity contribution is 0.509. The number of unbranched alkanes of at least 4 members (excludes halogenated alkanes) is 1. The third-order valence-corrected chi connectivity index (χ3v) is 6.19. The van der Waals surface area contributed by atoms with Gasteiger partial charge in [-0.1, -0.05) is 105 Å². The topological polar surface area (TPSA) is 27.6 Å². The van der Waals surface area contributed by atoms with Gasteiger partial charge in [-0.25, -0.2) is 4.99 Å². The minimum Gasteiger partial charge on any atom is -0.332 e. The number of aliphatic imine (C=N–C) groups is 1. The van der Waals surface area contributed by atoms with E-state index in [-0.39, 0.29) is 0 Å². The largest absolute Gasteiger partial charge is 0.332 e. The highest BCUT2D eigenvalue weighted by atomic mass is 79.9. The number of halogens is 1. The van der Waals surface area contributed by atoms with Gasteiger partial charge in [-0.05, 0) is 73.9 Å². The molecule has 0 fully saturated rings. The lowest BCUT2D eigenvalue weighted by Gasteiger charge is -2.26. The second-order valence-corrected chi connectivity index (χ2v) is 9.35.